The Balaban J connectivity index is 2.03. The number of nitrogens with zero attached hydrogens (tertiary/aromatic N) is 2. The summed E-state index contributed by atoms with van der Waals surface area (Å²) >= 11 is 0. The molecule has 3 nitrogen and oxygen atoms in total. The zero-order valence-corrected chi connectivity index (χ0v) is 13.5. The van der Waals surface area contributed by atoms with Crippen LogP contribution in [0.3, 0.4) is 0 Å². The lowest BCUT2D eigenvalue weighted by Gasteiger charge is -2.26. The van der Waals surface area contributed by atoms with Gasteiger partial charge in [0, 0.05) is 18.8 Å². The van der Waals surface area contributed by atoms with Crippen molar-refractivity contribution < 1.29 is 0 Å². The SMILES string of the molecule is CCCNC1CCCCCC1Cc1cc(CC)nn1C. The Hall–Kier alpha value is -0.830. The Bertz CT molecular complexity index is 397. The van der Waals surface area contributed by atoms with Crippen LogP contribution in [0.2, 0.25) is 0 Å². The highest BCUT2D eigenvalue weighted by Crippen LogP contribution is 2.27. The average Bonchev–Trinajstić information content (AvgIpc) is 2.67. The Kier molecular flexibility index (Phi) is 6.08. The third-order valence-electron chi connectivity index (χ3n) is 4.68. The summed E-state index contributed by atoms with van der Waals surface area (Å²) < 4.78 is 2.10. The van der Waals surface area contributed by atoms with Crippen molar-refractivity contribution in [2.45, 2.75) is 71.3 Å². The molecule has 0 aliphatic heterocycles. The molecule has 1 fully saturated rings. The molecule has 0 radical (unpaired) electrons. The van der Waals surface area contributed by atoms with Gasteiger partial charge in [-0.15, -0.1) is 0 Å². The molecule has 3 heteroatoms. The zero-order chi connectivity index (χ0) is 14.4. The minimum atomic E-state index is 0.706. The normalized spacial score (nSPS) is 23.8. The van der Waals surface area contributed by atoms with E-state index in [0.29, 0.717) is 6.04 Å². The van der Waals surface area contributed by atoms with E-state index >= 15 is 0 Å². The fourth-order valence-corrected chi connectivity index (χ4v) is 3.43. The molecule has 1 aliphatic rings. The van der Waals surface area contributed by atoms with E-state index < -0.39 is 0 Å². The van der Waals surface area contributed by atoms with Crippen LogP contribution in [-0.4, -0.2) is 22.4 Å². The smallest absolute Gasteiger partial charge is 0.0624 e. The third kappa shape index (κ3) is 4.08. The predicted molar refractivity (Wildman–Crippen MR) is 84.9 cm³/mol. The van der Waals surface area contributed by atoms with Crippen LogP contribution in [0, 0.1) is 5.92 Å². The van der Waals surface area contributed by atoms with Gasteiger partial charge in [0.2, 0.25) is 0 Å². The Morgan fingerprint density at radius 2 is 2.05 bits per heavy atom. The Morgan fingerprint density at radius 1 is 1.25 bits per heavy atom. The lowest BCUT2D eigenvalue weighted by molar-refractivity contribution is 0.327. The lowest BCUT2D eigenvalue weighted by atomic mass is 9.90. The molecule has 1 saturated carbocycles. The van der Waals surface area contributed by atoms with Crippen LogP contribution in [0.15, 0.2) is 6.07 Å². The highest BCUT2D eigenvalue weighted by atomic mass is 15.3. The summed E-state index contributed by atoms with van der Waals surface area (Å²) in [5.41, 5.74) is 2.64. The summed E-state index contributed by atoms with van der Waals surface area (Å²) in [5, 5.41) is 8.39. The summed E-state index contributed by atoms with van der Waals surface area (Å²) in [4.78, 5) is 0. The van der Waals surface area contributed by atoms with Crippen molar-refractivity contribution in [3.05, 3.63) is 17.5 Å². The molecule has 1 aliphatic carbocycles. The minimum absolute atomic E-state index is 0.706. The number of hydrogen-bond acceptors (Lipinski definition) is 2. The molecule has 1 aromatic rings. The summed E-state index contributed by atoms with van der Waals surface area (Å²) in [7, 11) is 2.10. The molecule has 2 atom stereocenters. The van der Waals surface area contributed by atoms with Gasteiger partial charge in [-0.3, -0.25) is 4.68 Å². The van der Waals surface area contributed by atoms with Crippen molar-refractivity contribution in [3.8, 4) is 0 Å². The highest BCUT2D eigenvalue weighted by molar-refractivity contribution is 5.11. The van der Waals surface area contributed by atoms with Gasteiger partial charge < -0.3 is 5.32 Å². The zero-order valence-electron chi connectivity index (χ0n) is 13.5. The molecule has 0 aromatic carbocycles. The fourth-order valence-electron chi connectivity index (χ4n) is 3.43. The van der Waals surface area contributed by atoms with E-state index in [1.807, 2.05) is 0 Å². The molecule has 114 valence electrons. The van der Waals surface area contributed by atoms with E-state index in [9.17, 15) is 0 Å². The second-order valence-electron chi connectivity index (χ2n) is 6.27. The van der Waals surface area contributed by atoms with E-state index in [2.05, 4.69) is 42.1 Å². The van der Waals surface area contributed by atoms with Crippen LogP contribution in [0.4, 0.5) is 0 Å². The van der Waals surface area contributed by atoms with Crippen LogP contribution in [0.25, 0.3) is 0 Å². The third-order valence-corrected chi connectivity index (χ3v) is 4.68. The maximum absolute atomic E-state index is 4.60. The first kappa shape index (κ1) is 15.6. The molecule has 20 heavy (non-hydrogen) atoms. The molecule has 0 spiro atoms. The number of nitrogens with one attached hydrogen (secondary N) is 1. The molecule has 0 saturated heterocycles. The van der Waals surface area contributed by atoms with Crippen LogP contribution >= 0.6 is 0 Å². The number of hydrogen-bond donors (Lipinski definition) is 1. The maximum Gasteiger partial charge on any atom is 0.0624 e. The van der Waals surface area contributed by atoms with Crippen LogP contribution in [0.1, 0.15) is 63.8 Å². The van der Waals surface area contributed by atoms with Gasteiger partial charge in [-0.25, -0.2) is 0 Å². The molecule has 2 unspecified atom stereocenters. The molecule has 1 heterocycles. The summed E-state index contributed by atoms with van der Waals surface area (Å²) in [6, 6.07) is 3.01. The van der Waals surface area contributed by atoms with E-state index in [4.69, 9.17) is 0 Å². The quantitative estimate of drug-likeness (QED) is 0.807. The molecule has 0 bridgehead atoms. The molecule has 1 aromatic heterocycles. The Labute approximate surface area is 124 Å². The van der Waals surface area contributed by atoms with Crippen molar-refractivity contribution in [3.63, 3.8) is 0 Å². The molecule has 0 amide bonds. The first-order valence-electron chi connectivity index (χ1n) is 8.49. The van der Waals surface area contributed by atoms with Gasteiger partial charge in [0.25, 0.3) is 0 Å². The van der Waals surface area contributed by atoms with Crippen molar-refractivity contribution in [2.24, 2.45) is 13.0 Å². The highest BCUT2D eigenvalue weighted by Gasteiger charge is 2.24. The van der Waals surface area contributed by atoms with E-state index in [1.165, 1.54) is 56.3 Å². The van der Waals surface area contributed by atoms with Gasteiger partial charge in [-0.1, -0.05) is 33.1 Å². The van der Waals surface area contributed by atoms with Crippen molar-refractivity contribution in [1.82, 2.24) is 15.1 Å². The van der Waals surface area contributed by atoms with Crippen molar-refractivity contribution >= 4 is 0 Å². The van der Waals surface area contributed by atoms with Crippen LogP contribution in [0.5, 0.6) is 0 Å². The van der Waals surface area contributed by atoms with Gasteiger partial charge in [0.15, 0.2) is 0 Å². The second kappa shape index (κ2) is 7.82. The van der Waals surface area contributed by atoms with Crippen LogP contribution in [-0.2, 0) is 19.9 Å². The van der Waals surface area contributed by atoms with Gasteiger partial charge in [0.05, 0.1) is 5.69 Å². The second-order valence-corrected chi connectivity index (χ2v) is 6.27. The van der Waals surface area contributed by atoms with Gasteiger partial charge in [-0.05, 0) is 50.6 Å². The van der Waals surface area contributed by atoms with Crippen molar-refractivity contribution in [1.29, 1.82) is 0 Å². The summed E-state index contributed by atoms with van der Waals surface area (Å²) in [6.45, 7) is 5.60. The first-order chi connectivity index (χ1) is 9.74. The molecular formula is C17H31N3. The van der Waals surface area contributed by atoms with E-state index in [-0.39, 0.29) is 0 Å². The monoisotopic (exact) mass is 277 g/mol. The Morgan fingerprint density at radius 3 is 2.75 bits per heavy atom. The molecule has 1 N–H and O–H groups in total. The molecular weight excluding hydrogens is 246 g/mol. The van der Waals surface area contributed by atoms with Gasteiger partial charge in [0.1, 0.15) is 0 Å². The largest absolute Gasteiger partial charge is 0.314 e. The fraction of sp³-hybridized carbons (Fsp3) is 0.824. The first-order valence-corrected chi connectivity index (χ1v) is 8.49. The topological polar surface area (TPSA) is 29.9 Å². The maximum atomic E-state index is 4.60. The molecule has 2 rings (SSSR count). The van der Waals surface area contributed by atoms with Crippen molar-refractivity contribution in [2.75, 3.05) is 6.54 Å². The number of aromatic nitrogens is 2. The van der Waals surface area contributed by atoms with E-state index in [1.54, 1.807) is 0 Å². The number of aryl methyl sites for hydroxylation is 2. The predicted octanol–water partition coefficient (Wildman–Crippen LogP) is 3.47. The average molecular weight is 277 g/mol. The minimum Gasteiger partial charge on any atom is -0.314 e. The standard InChI is InChI=1S/C17H31N3/c1-4-11-18-17-10-8-6-7-9-14(17)12-16-13-15(5-2)19-20(16)3/h13-14,17-18H,4-12H2,1-3H3. The summed E-state index contributed by atoms with van der Waals surface area (Å²) in [5.74, 6) is 0.782. The van der Waals surface area contributed by atoms with Crippen LogP contribution < -0.4 is 5.32 Å². The van der Waals surface area contributed by atoms with Gasteiger partial charge in [-0.2, -0.15) is 5.10 Å². The summed E-state index contributed by atoms with van der Waals surface area (Å²) in [6.07, 6.45) is 10.4. The number of rotatable bonds is 6. The van der Waals surface area contributed by atoms with E-state index in [0.717, 1.165) is 18.9 Å². The lowest BCUT2D eigenvalue weighted by Crippen LogP contribution is -2.37. The van der Waals surface area contributed by atoms with Gasteiger partial charge >= 0.3 is 0 Å².